The highest BCUT2D eigenvalue weighted by atomic mass is 19.1. The zero-order valence-electron chi connectivity index (χ0n) is 23.7. The molecule has 2 heterocycles. The van der Waals surface area contributed by atoms with Gasteiger partial charge in [-0.15, -0.1) is 0 Å². The molecule has 0 aliphatic rings. The van der Waals surface area contributed by atoms with E-state index in [4.69, 9.17) is 11.3 Å². The van der Waals surface area contributed by atoms with Gasteiger partial charge in [-0.05, 0) is 72.1 Å². The number of nitrogens with zero attached hydrogens (tertiary/aromatic N) is 5. The molecule has 2 atom stereocenters. The number of rotatable bonds is 5. The van der Waals surface area contributed by atoms with Crippen molar-refractivity contribution in [3.05, 3.63) is 142 Å². The van der Waals surface area contributed by atoms with Crippen LogP contribution >= 0.6 is 0 Å². The molecule has 0 radical (unpaired) electrons. The summed E-state index contributed by atoms with van der Waals surface area (Å²) in [7, 11) is 0. The summed E-state index contributed by atoms with van der Waals surface area (Å²) >= 11 is 0. The van der Waals surface area contributed by atoms with Crippen LogP contribution in [-0.4, -0.2) is 9.97 Å². The lowest BCUT2D eigenvalue weighted by Crippen LogP contribution is -2.08. The Morgan fingerprint density at radius 1 is 0.659 bits per heavy atom. The standard InChI is InChI=1S/C17H12F2N4.C17H14F2N2/c1-10(22-23-20)14-9-12-5-3-7-15(19)17(12)21-16(14)11-4-2-6-13(18)8-11;1-10(20)14-9-12-5-3-7-15(19)17(12)21-16(14)11-4-2-6-13(18)8-11/h2-10H,1H3;2-10H,20H2,1H3/t2*10-/m00/s1. The molecule has 6 aromatic rings. The third-order valence-electron chi connectivity index (χ3n) is 7.01. The quantitative estimate of drug-likeness (QED) is 0.0930. The SMILES string of the molecule is C[C@H](N)c1cc2cccc(F)c2nc1-c1cccc(F)c1.C[C@H](N=[N+]=[N-])c1cc2cccc(F)c2nc1-c1cccc(F)c1. The molecular formula is C34H26F4N6. The maximum absolute atomic E-state index is 14.0. The van der Waals surface area contributed by atoms with Crippen LogP contribution in [0.3, 0.4) is 0 Å². The van der Waals surface area contributed by atoms with Gasteiger partial charge < -0.3 is 5.73 Å². The van der Waals surface area contributed by atoms with Gasteiger partial charge in [0.1, 0.15) is 34.3 Å². The number of azide groups is 1. The molecule has 0 amide bonds. The van der Waals surface area contributed by atoms with E-state index in [-0.39, 0.29) is 22.9 Å². The second-order valence-electron chi connectivity index (χ2n) is 10.2. The molecule has 4 aromatic carbocycles. The van der Waals surface area contributed by atoms with E-state index in [0.717, 1.165) is 5.56 Å². The Balaban J connectivity index is 0.000000175. The first kappa shape index (κ1) is 30.2. The van der Waals surface area contributed by atoms with Crippen LogP contribution in [0.2, 0.25) is 0 Å². The van der Waals surface area contributed by atoms with Crippen LogP contribution in [0.25, 0.3) is 54.8 Å². The van der Waals surface area contributed by atoms with Gasteiger partial charge in [-0.3, -0.25) is 0 Å². The van der Waals surface area contributed by atoms with Crippen molar-refractivity contribution in [3.63, 3.8) is 0 Å². The fraction of sp³-hybridized carbons (Fsp3) is 0.118. The normalized spacial score (nSPS) is 12.2. The van der Waals surface area contributed by atoms with Crippen LogP contribution in [0.4, 0.5) is 17.6 Å². The number of hydrogen-bond donors (Lipinski definition) is 1. The number of aromatic nitrogens is 2. The summed E-state index contributed by atoms with van der Waals surface area (Å²) in [5.74, 6) is -1.64. The largest absolute Gasteiger partial charge is 0.324 e. The molecule has 220 valence electrons. The highest BCUT2D eigenvalue weighted by Gasteiger charge is 2.17. The molecule has 44 heavy (non-hydrogen) atoms. The van der Waals surface area contributed by atoms with Crippen molar-refractivity contribution in [3.8, 4) is 22.5 Å². The maximum atomic E-state index is 14.0. The van der Waals surface area contributed by atoms with Crippen LogP contribution in [0.1, 0.15) is 37.1 Å². The molecule has 2 N–H and O–H groups in total. The number of hydrogen-bond acceptors (Lipinski definition) is 4. The highest BCUT2D eigenvalue weighted by Crippen LogP contribution is 2.33. The van der Waals surface area contributed by atoms with E-state index in [1.165, 1.54) is 36.4 Å². The van der Waals surface area contributed by atoms with Crippen molar-refractivity contribution in [2.75, 3.05) is 0 Å². The number of fused-ring (bicyclic) bond motifs is 2. The van der Waals surface area contributed by atoms with Crippen molar-refractivity contribution in [1.29, 1.82) is 0 Å². The molecule has 10 heteroatoms. The molecule has 0 aliphatic heterocycles. The Kier molecular flexibility index (Phi) is 8.85. The van der Waals surface area contributed by atoms with Gasteiger partial charge in [-0.25, -0.2) is 27.5 Å². The van der Waals surface area contributed by atoms with Gasteiger partial charge in [0.15, 0.2) is 0 Å². The summed E-state index contributed by atoms with van der Waals surface area (Å²) in [5, 5.41) is 4.97. The smallest absolute Gasteiger partial charge is 0.149 e. The summed E-state index contributed by atoms with van der Waals surface area (Å²) in [6, 6.07) is 24.1. The van der Waals surface area contributed by atoms with E-state index in [1.54, 1.807) is 61.5 Å². The Hall–Kier alpha value is -5.31. The topological polar surface area (TPSA) is 101 Å². The van der Waals surface area contributed by atoms with Gasteiger partial charge in [0.2, 0.25) is 0 Å². The first-order valence-electron chi connectivity index (χ1n) is 13.7. The molecule has 0 unspecified atom stereocenters. The summed E-state index contributed by atoms with van der Waals surface area (Å²) in [4.78, 5) is 11.6. The average molecular weight is 595 g/mol. The molecule has 0 spiro atoms. The molecule has 6 rings (SSSR count). The molecule has 0 saturated carbocycles. The van der Waals surface area contributed by atoms with Crippen LogP contribution in [0, 0.1) is 23.3 Å². The monoisotopic (exact) mass is 594 g/mol. The van der Waals surface area contributed by atoms with E-state index in [2.05, 4.69) is 20.0 Å². The zero-order chi connectivity index (χ0) is 31.4. The van der Waals surface area contributed by atoms with E-state index < -0.39 is 23.5 Å². The Bertz CT molecular complexity index is 2040. The van der Waals surface area contributed by atoms with Crippen molar-refractivity contribution in [2.24, 2.45) is 10.8 Å². The van der Waals surface area contributed by atoms with Crippen LogP contribution in [-0.2, 0) is 0 Å². The molecule has 0 aliphatic carbocycles. The van der Waals surface area contributed by atoms with Crippen LogP contribution in [0.5, 0.6) is 0 Å². The van der Waals surface area contributed by atoms with E-state index in [1.807, 2.05) is 13.0 Å². The van der Waals surface area contributed by atoms with Crippen molar-refractivity contribution >= 4 is 21.8 Å². The summed E-state index contributed by atoms with van der Waals surface area (Å²) in [5.41, 5.74) is 18.5. The van der Waals surface area contributed by atoms with E-state index >= 15 is 0 Å². The second-order valence-corrected chi connectivity index (χ2v) is 10.2. The number of benzene rings is 4. The Labute approximate surface area is 250 Å². The highest BCUT2D eigenvalue weighted by molar-refractivity contribution is 5.85. The van der Waals surface area contributed by atoms with Crippen molar-refractivity contribution in [1.82, 2.24) is 9.97 Å². The van der Waals surface area contributed by atoms with Gasteiger partial charge in [-0.2, -0.15) is 0 Å². The van der Waals surface area contributed by atoms with Gasteiger partial charge in [0.25, 0.3) is 0 Å². The van der Waals surface area contributed by atoms with Gasteiger partial charge in [0.05, 0.1) is 17.4 Å². The molecular weight excluding hydrogens is 568 g/mol. The van der Waals surface area contributed by atoms with E-state index in [0.29, 0.717) is 38.9 Å². The van der Waals surface area contributed by atoms with Crippen LogP contribution in [0.15, 0.2) is 102 Å². The summed E-state index contributed by atoms with van der Waals surface area (Å²) in [6.07, 6.45) is 0. The minimum atomic E-state index is -0.515. The minimum absolute atomic E-state index is 0.198. The predicted octanol–water partition coefficient (Wildman–Crippen LogP) is 9.75. The lowest BCUT2D eigenvalue weighted by atomic mass is 9.99. The molecule has 0 bridgehead atoms. The van der Waals surface area contributed by atoms with Gasteiger partial charge >= 0.3 is 0 Å². The number of para-hydroxylation sites is 2. The average Bonchev–Trinajstić information content (AvgIpc) is 3.01. The number of halogens is 4. The third kappa shape index (κ3) is 6.36. The fourth-order valence-corrected chi connectivity index (χ4v) is 4.90. The van der Waals surface area contributed by atoms with Crippen molar-refractivity contribution < 1.29 is 17.6 Å². The lowest BCUT2D eigenvalue weighted by molar-refractivity contribution is 0.627. The summed E-state index contributed by atoms with van der Waals surface area (Å²) < 4.78 is 54.9. The predicted molar refractivity (Wildman–Crippen MR) is 164 cm³/mol. The first-order chi connectivity index (χ1) is 21.2. The molecule has 0 saturated heterocycles. The Morgan fingerprint density at radius 3 is 1.57 bits per heavy atom. The first-order valence-corrected chi connectivity index (χ1v) is 13.7. The van der Waals surface area contributed by atoms with Crippen molar-refractivity contribution in [2.45, 2.75) is 25.9 Å². The number of nitrogens with two attached hydrogens (primary N) is 1. The van der Waals surface area contributed by atoms with Crippen LogP contribution < -0.4 is 5.73 Å². The summed E-state index contributed by atoms with van der Waals surface area (Å²) in [6.45, 7) is 3.54. The fourth-order valence-electron chi connectivity index (χ4n) is 4.90. The van der Waals surface area contributed by atoms with E-state index in [9.17, 15) is 17.6 Å². The zero-order valence-corrected chi connectivity index (χ0v) is 23.7. The van der Waals surface area contributed by atoms with Gasteiger partial charge in [0, 0.05) is 32.9 Å². The maximum Gasteiger partial charge on any atom is 0.149 e. The lowest BCUT2D eigenvalue weighted by Gasteiger charge is -2.14. The second kappa shape index (κ2) is 12.9. The number of pyridine rings is 2. The molecule has 6 nitrogen and oxygen atoms in total. The Morgan fingerprint density at radius 2 is 1.11 bits per heavy atom. The third-order valence-corrected chi connectivity index (χ3v) is 7.01. The van der Waals surface area contributed by atoms with Gasteiger partial charge in [-0.1, -0.05) is 60.6 Å². The molecule has 2 aromatic heterocycles. The minimum Gasteiger partial charge on any atom is -0.324 e. The molecule has 0 fully saturated rings.